The number of hydrogen-bond donors (Lipinski definition) is 0. The summed E-state index contributed by atoms with van der Waals surface area (Å²) in [5.74, 6) is -0.722. The van der Waals surface area contributed by atoms with Crippen LogP contribution < -0.4 is 0 Å². The van der Waals surface area contributed by atoms with Gasteiger partial charge in [0.15, 0.2) is 6.61 Å². The summed E-state index contributed by atoms with van der Waals surface area (Å²) in [5, 5.41) is 2.48. The summed E-state index contributed by atoms with van der Waals surface area (Å²) in [6.45, 7) is 2.85. The quantitative estimate of drug-likeness (QED) is 0.542. The summed E-state index contributed by atoms with van der Waals surface area (Å²) >= 11 is 1.39. The summed E-state index contributed by atoms with van der Waals surface area (Å²) < 4.78 is 4.54. The van der Waals surface area contributed by atoms with E-state index in [0.717, 1.165) is 5.01 Å². The Hall–Kier alpha value is -1.23. The summed E-state index contributed by atoms with van der Waals surface area (Å²) in [7, 11) is 0. The summed E-state index contributed by atoms with van der Waals surface area (Å²) in [6.07, 6.45) is 0. The van der Waals surface area contributed by atoms with E-state index in [1.807, 2.05) is 6.92 Å². The van der Waals surface area contributed by atoms with E-state index < -0.39 is 5.97 Å². The van der Waals surface area contributed by atoms with Gasteiger partial charge in [0.25, 0.3) is 0 Å². The molecule has 0 aliphatic heterocycles. The van der Waals surface area contributed by atoms with E-state index >= 15 is 0 Å². The molecular formula is C8H9NO3S. The van der Waals surface area contributed by atoms with Gasteiger partial charge in [-0.25, -0.2) is 4.98 Å². The number of ketones is 1. The second-order valence-corrected chi connectivity index (χ2v) is 3.52. The number of Topliss-reactive ketones (excluding diaryl/α,β-unsaturated/α-hetero) is 1. The first kappa shape index (κ1) is 9.85. The van der Waals surface area contributed by atoms with E-state index in [1.54, 1.807) is 5.38 Å². The van der Waals surface area contributed by atoms with E-state index in [9.17, 15) is 9.59 Å². The lowest BCUT2D eigenvalue weighted by Crippen LogP contribution is -2.12. The average molecular weight is 199 g/mol. The lowest BCUT2D eigenvalue weighted by atomic mass is 10.3. The third-order valence-corrected chi connectivity index (χ3v) is 2.08. The normalized spacial score (nSPS) is 9.69. The average Bonchev–Trinajstić information content (AvgIpc) is 2.47. The van der Waals surface area contributed by atoms with Crippen molar-refractivity contribution in [1.29, 1.82) is 0 Å². The van der Waals surface area contributed by atoms with Crippen LogP contribution in [0, 0.1) is 6.92 Å². The molecule has 0 bridgehead atoms. The molecule has 0 unspecified atom stereocenters. The Labute approximate surface area is 79.6 Å². The third-order valence-electron chi connectivity index (χ3n) is 1.31. The molecule has 70 valence electrons. The van der Waals surface area contributed by atoms with E-state index in [0.29, 0.717) is 5.69 Å². The number of aryl methyl sites for hydroxylation is 1. The van der Waals surface area contributed by atoms with Gasteiger partial charge in [-0.15, -0.1) is 11.3 Å². The molecule has 0 radical (unpaired) electrons. The van der Waals surface area contributed by atoms with Crippen LogP contribution in [0.5, 0.6) is 0 Å². The first-order chi connectivity index (χ1) is 6.09. The lowest BCUT2D eigenvalue weighted by Gasteiger charge is -1.97. The molecule has 0 atom stereocenters. The van der Waals surface area contributed by atoms with Crippen molar-refractivity contribution in [3.8, 4) is 0 Å². The van der Waals surface area contributed by atoms with Crippen LogP contribution in [0.15, 0.2) is 5.38 Å². The minimum absolute atomic E-state index is 0.224. The molecular weight excluding hydrogens is 190 g/mol. The molecule has 13 heavy (non-hydrogen) atoms. The van der Waals surface area contributed by atoms with E-state index in [-0.39, 0.29) is 12.4 Å². The summed E-state index contributed by atoms with van der Waals surface area (Å²) in [5.41, 5.74) is 0.365. The molecule has 0 aliphatic carbocycles. The molecule has 1 heterocycles. The number of esters is 1. The van der Waals surface area contributed by atoms with Gasteiger partial charge in [-0.3, -0.25) is 9.59 Å². The number of rotatable bonds is 3. The summed E-state index contributed by atoms with van der Waals surface area (Å²) in [4.78, 5) is 25.6. The van der Waals surface area contributed by atoms with Crippen LogP contribution in [0.1, 0.15) is 22.4 Å². The number of carbonyl (C=O) groups is 2. The van der Waals surface area contributed by atoms with Crippen molar-refractivity contribution >= 4 is 23.1 Å². The Morgan fingerprint density at radius 2 is 2.31 bits per heavy atom. The number of nitrogens with zero attached hydrogens (tertiary/aromatic N) is 1. The zero-order valence-corrected chi connectivity index (χ0v) is 8.18. The van der Waals surface area contributed by atoms with Crippen LogP contribution in [0.2, 0.25) is 0 Å². The maximum absolute atomic E-state index is 11.2. The SMILES string of the molecule is CC(=O)OCC(=O)c1csc(C)n1. The van der Waals surface area contributed by atoms with Gasteiger partial charge < -0.3 is 4.74 Å². The molecule has 0 aliphatic rings. The van der Waals surface area contributed by atoms with Crippen LogP contribution in [0.25, 0.3) is 0 Å². The zero-order chi connectivity index (χ0) is 9.84. The second kappa shape index (κ2) is 4.13. The molecule has 0 spiro atoms. The fraction of sp³-hybridized carbons (Fsp3) is 0.375. The number of ether oxygens (including phenoxy) is 1. The standard InChI is InChI=1S/C8H9NO3S/c1-5-9-7(4-13-5)8(11)3-12-6(2)10/h4H,3H2,1-2H3. The lowest BCUT2D eigenvalue weighted by molar-refractivity contribution is -0.139. The molecule has 5 heteroatoms. The number of thiazole rings is 1. The molecule has 0 N–H and O–H groups in total. The Morgan fingerprint density at radius 1 is 1.62 bits per heavy atom. The number of hydrogen-bond acceptors (Lipinski definition) is 5. The van der Waals surface area contributed by atoms with Gasteiger partial charge >= 0.3 is 5.97 Å². The molecule has 0 saturated carbocycles. The first-order valence-electron chi connectivity index (χ1n) is 3.68. The highest BCUT2D eigenvalue weighted by Gasteiger charge is 2.10. The highest BCUT2D eigenvalue weighted by molar-refractivity contribution is 7.09. The van der Waals surface area contributed by atoms with Gasteiger partial charge in [0.2, 0.25) is 5.78 Å². The van der Waals surface area contributed by atoms with Crippen molar-refractivity contribution in [2.24, 2.45) is 0 Å². The molecule has 1 rings (SSSR count). The van der Waals surface area contributed by atoms with Gasteiger partial charge in [-0.1, -0.05) is 0 Å². The van der Waals surface area contributed by atoms with E-state index in [4.69, 9.17) is 0 Å². The van der Waals surface area contributed by atoms with Gasteiger partial charge in [-0.2, -0.15) is 0 Å². The van der Waals surface area contributed by atoms with Crippen molar-refractivity contribution < 1.29 is 14.3 Å². The zero-order valence-electron chi connectivity index (χ0n) is 7.36. The van der Waals surface area contributed by atoms with Crippen LogP contribution >= 0.6 is 11.3 Å². The van der Waals surface area contributed by atoms with Crippen molar-refractivity contribution in [2.75, 3.05) is 6.61 Å². The van der Waals surface area contributed by atoms with E-state index in [2.05, 4.69) is 9.72 Å². The van der Waals surface area contributed by atoms with Gasteiger partial charge in [0.05, 0.1) is 5.01 Å². The van der Waals surface area contributed by atoms with E-state index in [1.165, 1.54) is 18.3 Å². The fourth-order valence-electron chi connectivity index (χ4n) is 0.733. The molecule has 0 saturated heterocycles. The Bertz CT molecular complexity index is 332. The fourth-order valence-corrected chi connectivity index (χ4v) is 1.35. The largest absolute Gasteiger partial charge is 0.457 e. The van der Waals surface area contributed by atoms with Crippen LogP contribution in [0.3, 0.4) is 0 Å². The minimum Gasteiger partial charge on any atom is -0.457 e. The first-order valence-corrected chi connectivity index (χ1v) is 4.56. The Kier molecular flexibility index (Phi) is 3.13. The van der Waals surface area contributed by atoms with Crippen LogP contribution in [-0.2, 0) is 9.53 Å². The predicted molar refractivity (Wildman–Crippen MR) is 47.8 cm³/mol. The Morgan fingerprint density at radius 3 is 2.77 bits per heavy atom. The highest BCUT2D eigenvalue weighted by Crippen LogP contribution is 2.08. The number of aromatic nitrogens is 1. The number of carbonyl (C=O) groups excluding carboxylic acids is 2. The molecule has 1 aromatic rings. The predicted octanol–water partition coefficient (Wildman–Crippen LogP) is 1.20. The van der Waals surface area contributed by atoms with Crippen molar-refractivity contribution in [2.45, 2.75) is 13.8 Å². The maximum Gasteiger partial charge on any atom is 0.303 e. The second-order valence-electron chi connectivity index (χ2n) is 2.46. The third kappa shape index (κ3) is 2.95. The monoisotopic (exact) mass is 199 g/mol. The highest BCUT2D eigenvalue weighted by atomic mass is 32.1. The summed E-state index contributed by atoms with van der Waals surface area (Å²) in [6, 6.07) is 0. The topological polar surface area (TPSA) is 56.3 Å². The molecule has 0 amide bonds. The van der Waals surface area contributed by atoms with Crippen molar-refractivity contribution in [3.05, 3.63) is 16.1 Å². The van der Waals surface area contributed by atoms with Crippen molar-refractivity contribution in [1.82, 2.24) is 4.98 Å². The van der Waals surface area contributed by atoms with Gasteiger partial charge in [-0.05, 0) is 6.92 Å². The Balaban J connectivity index is 2.54. The van der Waals surface area contributed by atoms with Gasteiger partial charge in [0, 0.05) is 12.3 Å². The maximum atomic E-state index is 11.2. The molecule has 1 aromatic heterocycles. The van der Waals surface area contributed by atoms with Gasteiger partial charge in [0.1, 0.15) is 5.69 Å². The molecule has 4 nitrogen and oxygen atoms in total. The van der Waals surface area contributed by atoms with Crippen molar-refractivity contribution in [3.63, 3.8) is 0 Å². The smallest absolute Gasteiger partial charge is 0.303 e. The minimum atomic E-state index is -0.458. The molecule has 0 fully saturated rings. The molecule has 0 aromatic carbocycles. The van der Waals surface area contributed by atoms with Crippen LogP contribution in [0.4, 0.5) is 0 Å². The van der Waals surface area contributed by atoms with Crippen LogP contribution in [-0.4, -0.2) is 23.3 Å².